The molecule has 1 heterocycles. The van der Waals surface area contributed by atoms with Gasteiger partial charge in [-0.25, -0.2) is 4.39 Å². The van der Waals surface area contributed by atoms with E-state index >= 15 is 0 Å². The molecule has 0 saturated carbocycles. The number of pyridine rings is 1. The first kappa shape index (κ1) is 14.5. The van der Waals surface area contributed by atoms with E-state index in [1.807, 2.05) is 6.92 Å². The number of hydrogen-bond acceptors (Lipinski definition) is 2. The first-order valence-corrected chi connectivity index (χ1v) is 6.78. The van der Waals surface area contributed by atoms with Crippen molar-refractivity contribution in [3.05, 3.63) is 62.7 Å². The molecule has 4 nitrogen and oxygen atoms in total. The summed E-state index contributed by atoms with van der Waals surface area (Å²) in [4.78, 5) is 23.5. The third-order valence-corrected chi connectivity index (χ3v) is 3.39. The summed E-state index contributed by atoms with van der Waals surface area (Å²) in [5.74, 6) is -1.18. The fourth-order valence-electron chi connectivity index (χ4n) is 1.73. The molecule has 1 aromatic carbocycles. The molecule has 1 amide bonds. The minimum Gasteiger partial charge on any atom is -0.321 e. The summed E-state index contributed by atoms with van der Waals surface area (Å²) in [5, 5.41) is 2.57. The van der Waals surface area contributed by atoms with E-state index < -0.39 is 11.7 Å². The van der Waals surface area contributed by atoms with Crippen LogP contribution in [0.1, 0.15) is 17.3 Å². The molecule has 2 aromatic rings. The van der Waals surface area contributed by atoms with Crippen molar-refractivity contribution in [2.75, 3.05) is 5.32 Å². The number of carbonyl (C=O) groups is 1. The second kappa shape index (κ2) is 6.00. The first-order chi connectivity index (χ1) is 9.52. The molecule has 0 aliphatic heterocycles. The number of benzene rings is 1. The van der Waals surface area contributed by atoms with Gasteiger partial charge in [-0.05, 0) is 41.1 Å². The molecule has 0 bridgehead atoms. The Bertz CT molecular complexity index is 713. The minimum atomic E-state index is -0.617. The molecular weight excluding hydrogens is 327 g/mol. The van der Waals surface area contributed by atoms with Gasteiger partial charge in [-0.2, -0.15) is 0 Å². The molecule has 0 aliphatic rings. The molecule has 104 valence electrons. The molecule has 0 fully saturated rings. The number of hydrogen-bond donors (Lipinski definition) is 1. The number of nitrogens with one attached hydrogen (secondary N) is 1. The maximum Gasteiger partial charge on any atom is 0.258 e. The van der Waals surface area contributed by atoms with Gasteiger partial charge in [-0.15, -0.1) is 0 Å². The van der Waals surface area contributed by atoms with Crippen molar-refractivity contribution < 1.29 is 9.18 Å². The fourth-order valence-corrected chi connectivity index (χ4v) is 2.10. The molecule has 1 N–H and O–H groups in total. The second-order valence-electron chi connectivity index (χ2n) is 4.10. The Labute approximate surface area is 123 Å². The third-order valence-electron chi connectivity index (χ3n) is 2.78. The lowest BCUT2D eigenvalue weighted by Gasteiger charge is -2.09. The standard InChI is InChI=1S/C14H12BrFN2O2/c1-2-18-8-9(6-7-12(18)19)17-14(20)10-4-3-5-11(15)13(10)16/h3-8H,2H2,1H3,(H,17,20). The van der Waals surface area contributed by atoms with Gasteiger partial charge in [-0.3, -0.25) is 9.59 Å². The Morgan fingerprint density at radius 3 is 2.80 bits per heavy atom. The summed E-state index contributed by atoms with van der Waals surface area (Å²) >= 11 is 3.03. The molecular formula is C14H12BrFN2O2. The van der Waals surface area contributed by atoms with E-state index in [2.05, 4.69) is 21.2 Å². The average molecular weight is 339 g/mol. The van der Waals surface area contributed by atoms with Crippen LogP contribution in [-0.2, 0) is 6.54 Å². The number of rotatable bonds is 3. The monoisotopic (exact) mass is 338 g/mol. The second-order valence-corrected chi connectivity index (χ2v) is 4.95. The van der Waals surface area contributed by atoms with Crippen LogP contribution in [0.3, 0.4) is 0 Å². The molecule has 0 spiro atoms. The van der Waals surface area contributed by atoms with Crippen molar-refractivity contribution in [2.24, 2.45) is 0 Å². The van der Waals surface area contributed by atoms with Gasteiger partial charge >= 0.3 is 0 Å². The molecule has 6 heteroatoms. The van der Waals surface area contributed by atoms with Crippen LogP contribution in [0, 0.1) is 5.82 Å². The molecule has 2 rings (SSSR count). The summed E-state index contributed by atoms with van der Waals surface area (Å²) in [6.45, 7) is 2.31. The van der Waals surface area contributed by atoms with Crippen LogP contribution >= 0.6 is 15.9 Å². The number of nitrogens with zero attached hydrogens (tertiary/aromatic N) is 1. The van der Waals surface area contributed by atoms with Crippen molar-refractivity contribution in [3.63, 3.8) is 0 Å². The number of aryl methyl sites for hydroxylation is 1. The van der Waals surface area contributed by atoms with Gasteiger partial charge in [0.15, 0.2) is 0 Å². The largest absolute Gasteiger partial charge is 0.321 e. The zero-order valence-electron chi connectivity index (χ0n) is 10.7. The van der Waals surface area contributed by atoms with Gasteiger partial charge < -0.3 is 9.88 Å². The summed E-state index contributed by atoms with van der Waals surface area (Å²) in [6, 6.07) is 7.34. The Hall–Kier alpha value is -1.95. The van der Waals surface area contributed by atoms with Crippen LogP contribution in [0.15, 0.2) is 45.8 Å². The van der Waals surface area contributed by atoms with Crippen LogP contribution in [0.2, 0.25) is 0 Å². The van der Waals surface area contributed by atoms with Crippen LogP contribution in [-0.4, -0.2) is 10.5 Å². The minimum absolute atomic E-state index is 0.0615. The number of carbonyl (C=O) groups excluding carboxylic acids is 1. The van der Waals surface area contributed by atoms with Gasteiger partial charge in [0.1, 0.15) is 5.82 Å². The molecule has 1 aromatic heterocycles. The number of anilines is 1. The molecule has 0 atom stereocenters. The quantitative estimate of drug-likeness (QED) is 0.935. The third kappa shape index (κ3) is 2.96. The summed E-state index contributed by atoms with van der Waals surface area (Å²) in [7, 11) is 0. The molecule has 0 unspecified atom stereocenters. The number of halogens is 2. The van der Waals surface area contributed by atoms with Gasteiger partial charge in [-0.1, -0.05) is 6.07 Å². The lowest BCUT2D eigenvalue weighted by Crippen LogP contribution is -2.20. The van der Waals surface area contributed by atoms with Crippen LogP contribution in [0.4, 0.5) is 10.1 Å². The van der Waals surface area contributed by atoms with E-state index in [-0.39, 0.29) is 15.6 Å². The summed E-state index contributed by atoms with van der Waals surface area (Å²) < 4.78 is 15.5. The van der Waals surface area contributed by atoms with Crippen molar-refractivity contribution in [3.8, 4) is 0 Å². The molecule has 0 aliphatic carbocycles. The number of aromatic nitrogens is 1. The zero-order valence-corrected chi connectivity index (χ0v) is 12.3. The van der Waals surface area contributed by atoms with Gasteiger partial charge in [0.2, 0.25) is 0 Å². The van der Waals surface area contributed by atoms with Gasteiger partial charge in [0, 0.05) is 18.8 Å². The predicted octanol–water partition coefficient (Wildman–Crippen LogP) is 3.02. The van der Waals surface area contributed by atoms with Crippen molar-refractivity contribution in [2.45, 2.75) is 13.5 Å². The highest BCUT2D eigenvalue weighted by molar-refractivity contribution is 9.10. The fraction of sp³-hybridized carbons (Fsp3) is 0.143. The van der Waals surface area contributed by atoms with Gasteiger partial charge in [0.05, 0.1) is 15.7 Å². The van der Waals surface area contributed by atoms with Gasteiger partial charge in [0.25, 0.3) is 11.5 Å². The van der Waals surface area contributed by atoms with E-state index in [1.165, 1.54) is 35.0 Å². The van der Waals surface area contributed by atoms with E-state index in [4.69, 9.17) is 0 Å². The highest BCUT2D eigenvalue weighted by Crippen LogP contribution is 2.19. The van der Waals surface area contributed by atoms with E-state index in [1.54, 1.807) is 6.07 Å². The molecule has 0 radical (unpaired) electrons. The molecule has 20 heavy (non-hydrogen) atoms. The van der Waals surface area contributed by atoms with Crippen LogP contribution in [0.5, 0.6) is 0 Å². The zero-order chi connectivity index (χ0) is 14.7. The Balaban J connectivity index is 2.28. The maximum absolute atomic E-state index is 13.8. The lowest BCUT2D eigenvalue weighted by atomic mass is 10.2. The smallest absolute Gasteiger partial charge is 0.258 e. The maximum atomic E-state index is 13.8. The average Bonchev–Trinajstić information content (AvgIpc) is 2.43. The Kier molecular flexibility index (Phi) is 4.34. The highest BCUT2D eigenvalue weighted by Gasteiger charge is 2.14. The Morgan fingerprint density at radius 2 is 2.10 bits per heavy atom. The van der Waals surface area contributed by atoms with Crippen molar-refractivity contribution in [1.29, 1.82) is 0 Å². The van der Waals surface area contributed by atoms with E-state index in [0.29, 0.717) is 12.2 Å². The SMILES string of the molecule is CCn1cc(NC(=O)c2cccc(Br)c2F)ccc1=O. The van der Waals surface area contributed by atoms with Crippen LogP contribution in [0.25, 0.3) is 0 Å². The highest BCUT2D eigenvalue weighted by atomic mass is 79.9. The lowest BCUT2D eigenvalue weighted by molar-refractivity contribution is 0.102. The van der Waals surface area contributed by atoms with Crippen molar-refractivity contribution in [1.82, 2.24) is 4.57 Å². The Morgan fingerprint density at radius 1 is 1.35 bits per heavy atom. The summed E-state index contributed by atoms with van der Waals surface area (Å²) in [5.41, 5.74) is 0.226. The number of amides is 1. The van der Waals surface area contributed by atoms with Crippen LogP contribution < -0.4 is 10.9 Å². The normalized spacial score (nSPS) is 10.3. The van der Waals surface area contributed by atoms with Crippen molar-refractivity contribution >= 4 is 27.5 Å². The van der Waals surface area contributed by atoms with E-state index in [9.17, 15) is 14.0 Å². The first-order valence-electron chi connectivity index (χ1n) is 5.98. The topological polar surface area (TPSA) is 51.1 Å². The molecule has 0 saturated heterocycles. The van der Waals surface area contributed by atoms with E-state index in [0.717, 1.165) is 0 Å². The summed E-state index contributed by atoms with van der Waals surface area (Å²) in [6.07, 6.45) is 1.52. The predicted molar refractivity (Wildman–Crippen MR) is 78.4 cm³/mol.